The maximum atomic E-state index is 14.2. The summed E-state index contributed by atoms with van der Waals surface area (Å²) in [5.74, 6) is -12.7. The highest BCUT2D eigenvalue weighted by Crippen LogP contribution is 2.34. The summed E-state index contributed by atoms with van der Waals surface area (Å²) in [6.07, 6.45) is 5.76. The third-order valence-corrected chi connectivity index (χ3v) is 7.98. The Morgan fingerprint density at radius 2 is 1.46 bits per heavy atom. The predicted molar refractivity (Wildman–Crippen MR) is 143 cm³/mol. The number of aromatic carboxylic acids is 1. The molecule has 0 heterocycles. The molecule has 4 rings (SSSR count). The molecule has 41 heavy (non-hydrogen) atoms. The molecule has 1 fully saturated rings. The minimum absolute atomic E-state index is 0.00330. The maximum Gasteiger partial charge on any atom is 0.339 e. The lowest BCUT2D eigenvalue weighted by Crippen LogP contribution is -2.37. The van der Waals surface area contributed by atoms with Crippen LogP contribution in [-0.2, 0) is 11.3 Å². The van der Waals surface area contributed by atoms with E-state index < -0.39 is 58.2 Å². The van der Waals surface area contributed by atoms with Gasteiger partial charge in [0, 0.05) is 11.8 Å². The van der Waals surface area contributed by atoms with Crippen molar-refractivity contribution in [2.45, 2.75) is 49.5 Å². The third kappa shape index (κ3) is 6.82. The fraction of sp³-hybridized carbons (Fsp3) is 0.310. The van der Waals surface area contributed by atoms with Crippen molar-refractivity contribution in [2.75, 3.05) is 18.5 Å². The number of carbonyl (C=O) groups excluding carboxylic acids is 1. The van der Waals surface area contributed by atoms with Gasteiger partial charge in [-0.2, -0.15) is 0 Å². The van der Waals surface area contributed by atoms with Crippen molar-refractivity contribution in [1.29, 1.82) is 0 Å². The molecule has 1 aliphatic rings. The molecular weight excluding hydrogens is 567 g/mol. The zero-order valence-corrected chi connectivity index (χ0v) is 22.8. The summed E-state index contributed by atoms with van der Waals surface area (Å²) in [4.78, 5) is 24.8. The lowest BCUT2D eigenvalue weighted by molar-refractivity contribution is -0.118. The first kappa shape index (κ1) is 30.3. The lowest BCUT2D eigenvalue weighted by Gasteiger charge is -2.26. The second-order valence-corrected chi connectivity index (χ2v) is 11.1. The van der Waals surface area contributed by atoms with Crippen LogP contribution in [0.3, 0.4) is 0 Å². The Kier molecular flexibility index (Phi) is 9.54. The first-order chi connectivity index (χ1) is 19.5. The molecule has 6 nitrogen and oxygen atoms in total. The standard InChI is InChI=1S/C29H27F5N2O4S/c1-35(41-28-26(33)24(31)23(30)25(32)27(28)34)15-22(38)36(19-11-12-20(29(39)40)21(37)13-19)14-16-7-9-18(10-8-16)17-5-3-2-4-6-17/h7-13,17,37H,2-6,14-15H2,1H3,(H,39,40). The number of amides is 1. The number of carboxylic acid groups (broad SMARTS) is 1. The minimum atomic E-state index is -2.28. The van der Waals surface area contributed by atoms with E-state index in [-0.39, 0.29) is 29.7 Å². The summed E-state index contributed by atoms with van der Waals surface area (Å²) in [6.45, 7) is -0.539. The van der Waals surface area contributed by atoms with Gasteiger partial charge in [-0.05, 0) is 61.0 Å². The molecule has 218 valence electrons. The zero-order chi connectivity index (χ0) is 29.8. The monoisotopic (exact) mass is 594 g/mol. The highest BCUT2D eigenvalue weighted by atomic mass is 32.2. The van der Waals surface area contributed by atoms with Gasteiger partial charge in [0.1, 0.15) is 16.2 Å². The van der Waals surface area contributed by atoms with Crippen molar-refractivity contribution >= 4 is 29.5 Å². The zero-order valence-electron chi connectivity index (χ0n) is 22.0. The number of carbonyl (C=O) groups is 2. The van der Waals surface area contributed by atoms with Gasteiger partial charge < -0.3 is 15.1 Å². The van der Waals surface area contributed by atoms with Crippen LogP contribution in [0, 0.1) is 29.1 Å². The summed E-state index contributed by atoms with van der Waals surface area (Å²) in [6, 6.07) is 11.3. The van der Waals surface area contributed by atoms with Crippen LogP contribution in [0.2, 0.25) is 0 Å². The van der Waals surface area contributed by atoms with Gasteiger partial charge in [-0.3, -0.25) is 4.79 Å². The van der Waals surface area contributed by atoms with E-state index in [1.54, 1.807) is 0 Å². The van der Waals surface area contributed by atoms with E-state index in [9.17, 15) is 41.8 Å². The van der Waals surface area contributed by atoms with Crippen molar-refractivity contribution in [2.24, 2.45) is 0 Å². The van der Waals surface area contributed by atoms with E-state index in [4.69, 9.17) is 0 Å². The Hall–Kier alpha value is -3.64. The highest BCUT2D eigenvalue weighted by molar-refractivity contribution is 7.97. The predicted octanol–water partition coefficient (Wildman–Crippen LogP) is 7.01. The lowest BCUT2D eigenvalue weighted by atomic mass is 9.84. The summed E-state index contributed by atoms with van der Waals surface area (Å²) < 4.78 is 70.1. The number of halogens is 5. The second kappa shape index (κ2) is 12.9. The molecule has 0 atom stereocenters. The van der Waals surface area contributed by atoms with Gasteiger partial charge in [0.25, 0.3) is 0 Å². The number of rotatable bonds is 9. The average molecular weight is 595 g/mol. The fourth-order valence-corrected chi connectivity index (χ4v) is 5.66. The van der Waals surface area contributed by atoms with Crippen LogP contribution in [0.15, 0.2) is 47.4 Å². The van der Waals surface area contributed by atoms with Crippen molar-refractivity contribution in [3.05, 3.63) is 88.2 Å². The van der Waals surface area contributed by atoms with Gasteiger partial charge in [-0.15, -0.1) is 0 Å². The number of nitrogens with zero attached hydrogens (tertiary/aromatic N) is 2. The Labute approximate surface area is 237 Å². The van der Waals surface area contributed by atoms with Crippen LogP contribution >= 0.6 is 11.9 Å². The Balaban J connectivity index is 1.58. The molecule has 0 unspecified atom stereocenters. The van der Waals surface area contributed by atoms with Gasteiger partial charge in [-0.1, -0.05) is 43.5 Å². The van der Waals surface area contributed by atoms with Crippen LogP contribution in [-0.4, -0.2) is 40.0 Å². The van der Waals surface area contributed by atoms with Crippen LogP contribution in [0.1, 0.15) is 59.5 Å². The summed E-state index contributed by atoms with van der Waals surface area (Å²) in [5.41, 5.74) is 1.67. The normalized spacial score (nSPS) is 13.9. The molecule has 0 aliphatic heterocycles. The smallest absolute Gasteiger partial charge is 0.339 e. The molecule has 0 saturated heterocycles. The van der Waals surface area contributed by atoms with E-state index in [2.05, 4.69) is 0 Å². The SMILES string of the molecule is CN(CC(=O)N(Cc1ccc(C2CCCCC2)cc1)c1ccc(C(=O)O)c(O)c1)Sc1c(F)c(F)c(F)c(F)c1F. The van der Waals surface area contributed by atoms with E-state index in [0.29, 0.717) is 5.92 Å². The minimum Gasteiger partial charge on any atom is -0.507 e. The Bertz CT molecular complexity index is 1420. The van der Waals surface area contributed by atoms with E-state index >= 15 is 0 Å². The molecule has 0 aromatic heterocycles. The van der Waals surface area contributed by atoms with Crippen molar-refractivity contribution in [3.63, 3.8) is 0 Å². The summed E-state index contributed by atoms with van der Waals surface area (Å²) >= 11 is 0.170. The molecule has 1 aliphatic carbocycles. The molecule has 3 aromatic rings. The van der Waals surface area contributed by atoms with E-state index in [1.807, 2.05) is 24.3 Å². The van der Waals surface area contributed by atoms with Crippen molar-refractivity contribution < 1.29 is 41.8 Å². The number of hydrogen-bond donors (Lipinski definition) is 2. The van der Waals surface area contributed by atoms with E-state index in [0.717, 1.165) is 34.8 Å². The molecule has 3 aromatic carbocycles. The summed E-state index contributed by atoms with van der Waals surface area (Å²) in [5, 5.41) is 19.5. The Morgan fingerprint density at radius 1 is 0.878 bits per heavy atom. The topological polar surface area (TPSA) is 81.1 Å². The molecule has 1 saturated carbocycles. The average Bonchev–Trinajstić information content (AvgIpc) is 2.96. The quantitative estimate of drug-likeness (QED) is 0.120. The Morgan fingerprint density at radius 3 is 2.02 bits per heavy atom. The fourth-order valence-electron chi connectivity index (χ4n) is 4.83. The van der Waals surface area contributed by atoms with Crippen LogP contribution in [0.4, 0.5) is 27.6 Å². The number of phenols is 1. The second-order valence-electron chi connectivity index (χ2n) is 9.84. The van der Waals surface area contributed by atoms with Gasteiger partial charge in [-0.25, -0.2) is 31.1 Å². The number of benzene rings is 3. The summed E-state index contributed by atoms with van der Waals surface area (Å²) in [7, 11) is 1.24. The largest absolute Gasteiger partial charge is 0.507 e. The van der Waals surface area contributed by atoms with Gasteiger partial charge in [0.15, 0.2) is 23.3 Å². The van der Waals surface area contributed by atoms with Gasteiger partial charge in [0.05, 0.1) is 13.1 Å². The number of anilines is 1. The molecule has 12 heteroatoms. The van der Waals surface area contributed by atoms with Crippen molar-refractivity contribution in [1.82, 2.24) is 4.31 Å². The van der Waals surface area contributed by atoms with E-state index in [1.165, 1.54) is 42.8 Å². The number of hydrogen-bond acceptors (Lipinski definition) is 5. The molecule has 2 N–H and O–H groups in total. The molecule has 0 spiro atoms. The van der Waals surface area contributed by atoms with Gasteiger partial charge >= 0.3 is 5.97 Å². The first-order valence-corrected chi connectivity index (χ1v) is 13.6. The number of carboxylic acids is 1. The third-order valence-electron chi connectivity index (χ3n) is 7.00. The molecular formula is C29H27F5N2O4S. The maximum absolute atomic E-state index is 14.2. The van der Waals surface area contributed by atoms with Crippen molar-refractivity contribution in [3.8, 4) is 5.75 Å². The first-order valence-electron chi connectivity index (χ1n) is 12.8. The number of aromatic hydroxyl groups is 1. The molecule has 0 radical (unpaired) electrons. The van der Waals surface area contributed by atoms with Crippen LogP contribution in [0.25, 0.3) is 0 Å². The number of likely N-dealkylation sites (N-methyl/N-ethyl adjacent to an activating group) is 1. The van der Waals surface area contributed by atoms with Gasteiger partial charge in [0.2, 0.25) is 11.7 Å². The van der Waals surface area contributed by atoms with Crippen LogP contribution < -0.4 is 4.90 Å². The molecule has 0 bridgehead atoms. The molecule has 1 amide bonds. The van der Waals surface area contributed by atoms with Crippen LogP contribution in [0.5, 0.6) is 5.75 Å². The highest BCUT2D eigenvalue weighted by Gasteiger charge is 2.28.